The second kappa shape index (κ2) is 6.15. The lowest BCUT2D eigenvalue weighted by molar-refractivity contribution is 0.0508. The first-order chi connectivity index (χ1) is 9.08. The van der Waals surface area contributed by atoms with E-state index in [4.69, 9.17) is 4.74 Å². The van der Waals surface area contributed by atoms with Crippen molar-refractivity contribution < 1.29 is 22.7 Å². The number of nitrogens with one attached hydrogen (secondary N) is 1. The van der Waals surface area contributed by atoms with Crippen LogP contribution >= 0.6 is 0 Å². The number of halogens is 3. The second-order valence-electron chi connectivity index (χ2n) is 5.61. The molecule has 1 N–H and O–H groups in total. The van der Waals surface area contributed by atoms with Gasteiger partial charge in [-0.15, -0.1) is 0 Å². The van der Waals surface area contributed by atoms with E-state index in [0.29, 0.717) is 6.07 Å². The van der Waals surface area contributed by atoms with Crippen LogP contribution in [0.25, 0.3) is 0 Å². The van der Waals surface area contributed by atoms with Crippen LogP contribution in [-0.2, 0) is 11.2 Å². The molecule has 112 valence electrons. The molecule has 0 radical (unpaired) electrons. The molecule has 6 heteroatoms. The van der Waals surface area contributed by atoms with Crippen molar-refractivity contribution in [1.29, 1.82) is 0 Å². The molecule has 1 amide bonds. The molecule has 0 unspecified atom stereocenters. The molecule has 0 fully saturated rings. The van der Waals surface area contributed by atoms with Crippen molar-refractivity contribution in [3.8, 4) is 0 Å². The fourth-order valence-electron chi connectivity index (χ4n) is 1.61. The number of hydrogen-bond acceptors (Lipinski definition) is 2. The third-order valence-electron chi connectivity index (χ3n) is 2.38. The Morgan fingerprint density at radius 3 is 2.30 bits per heavy atom. The third-order valence-corrected chi connectivity index (χ3v) is 2.38. The predicted octanol–water partition coefficient (Wildman–Crippen LogP) is 3.56. The van der Waals surface area contributed by atoms with Crippen molar-refractivity contribution in [3.05, 3.63) is 35.1 Å². The van der Waals surface area contributed by atoms with Gasteiger partial charge in [0.05, 0.1) is 0 Å². The highest BCUT2D eigenvalue weighted by molar-refractivity contribution is 5.68. The zero-order valence-corrected chi connectivity index (χ0v) is 11.9. The van der Waals surface area contributed by atoms with Crippen LogP contribution in [0.5, 0.6) is 0 Å². The number of carbonyl (C=O) groups is 1. The van der Waals surface area contributed by atoms with Gasteiger partial charge in [-0.2, -0.15) is 0 Å². The van der Waals surface area contributed by atoms with Crippen molar-refractivity contribution >= 4 is 6.09 Å². The Hall–Kier alpha value is -1.72. The molecule has 0 saturated carbocycles. The largest absolute Gasteiger partial charge is 0.444 e. The summed E-state index contributed by atoms with van der Waals surface area (Å²) in [5.41, 5.74) is -0.649. The number of benzene rings is 1. The number of amides is 1. The summed E-state index contributed by atoms with van der Waals surface area (Å²) in [6.45, 7) is 6.76. The van der Waals surface area contributed by atoms with E-state index in [-0.39, 0.29) is 12.0 Å². The zero-order chi connectivity index (χ0) is 15.5. The van der Waals surface area contributed by atoms with Crippen molar-refractivity contribution in [2.24, 2.45) is 0 Å². The Balaban J connectivity index is 2.65. The Kier molecular flexibility index (Phi) is 5.03. The number of hydrogen-bond donors (Lipinski definition) is 1. The van der Waals surface area contributed by atoms with Crippen LogP contribution in [0, 0.1) is 17.5 Å². The quantitative estimate of drug-likeness (QED) is 0.864. The van der Waals surface area contributed by atoms with Crippen LogP contribution in [0.1, 0.15) is 33.3 Å². The standard InChI is InChI=1S/C14H18F3NO2/c1-8(18-13(19)20-14(2,3)4)5-9-6-11(16)12(17)7-10(9)15/h6-8H,5H2,1-4H3,(H,18,19)/t8-/m0/s1. The van der Waals surface area contributed by atoms with Crippen LogP contribution in [0.2, 0.25) is 0 Å². The van der Waals surface area contributed by atoms with Crippen molar-refractivity contribution in [3.63, 3.8) is 0 Å². The van der Waals surface area contributed by atoms with E-state index >= 15 is 0 Å². The molecule has 1 aromatic carbocycles. The van der Waals surface area contributed by atoms with E-state index in [9.17, 15) is 18.0 Å². The maximum absolute atomic E-state index is 13.4. The highest BCUT2D eigenvalue weighted by Crippen LogP contribution is 2.15. The van der Waals surface area contributed by atoms with Crippen LogP contribution < -0.4 is 5.32 Å². The fraction of sp³-hybridized carbons (Fsp3) is 0.500. The molecular weight excluding hydrogens is 271 g/mol. The summed E-state index contributed by atoms with van der Waals surface area (Å²) in [7, 11) is 0. The molecule has 0 aliphatic heterocycles. The SMILES string of the molecule is C[C@@H](Cc1cc(F)c(F)cc1F)NC(=O)OC(C)(C)C. The molecule has 0 saturated heterocycles. The number of alkyl carbamates (subject to hydrolysis) is 1. The fourth-order valence-corrected chi connectivity index (χ4v) is 1.61. The second-order valence-corrected chi connectivity index (χ2v) is 5.61. The molecule has 0 bridgehead atoms. The summed E-state index contributed by atoms with van der Waals surface area (Å²) < 4.78 is 44.3. The minimum absolute atomic E-state index is 0.00698. The minimum Gasteiger partial charge on any atom is -0.444 e. The average Bonchev–Trinajstić information content (AvgIpc) is 2.22. The van der Waals surface area contributed by atoms with Crippen LogP contribution in [0.3, 0.4) is 0 Å². The smallest absolute Gasteiger partial charge is 0.407 e. The third kappa shape index (κ3) is 5.11. The van der Waals surface area contributed by atoms with Crippen LogP contribution in [0.15, 0.2) is 12.1 Å². The maximum atomic E-state index is 13.4. The lowest BCUT2D eigenvalue weighted by atomic mass is 10.1. The first-order valence-corrected chi connectivity index (χ1v) is 6.21. The normalized spacial score (nSPS) is 12.9. The van der Waals surface area contributed by atoms with Crippen molar-refractivity contribution in [1.82, 2.24) is 5.32 Å². The zero-order valence-electron chi connectivity index (χ0n) is 11.9. The molecule has 0 spiro atoms. The predicted molar refractivity (Wildman–Crippen MR) is 68.9 cm³/mol. The number of ether oxygens (including phenoxy) is 1. The highest BCUT2D eigenvalue weighted by atomic mass is 19.2. The summed E-state index contributed by atoms with van der Waals surface area (Å²) in [6.07, 6.45) is -0.615. The molecule has 0 heterocycles. The average molecular weight is 289 g/mol. The van der Waals surface area contributed by atoms with Gasteiger partial charge in [0.1, 0.15) is 11.4 Å². The molecule has 1 aromatic rings. The van der Waals surface area contributed by atoms with Gasteiger partial charge in [0, 0.05) is 12.1 Å². The molecule has 3 nitrogen and oxygen atoms in total. The first-order valence-electron chi connectivity index (χ1n) is 6.21. The van der Waals surface area contributed by atoms with Gasteiger partial charge in [0.15, 0.2) is 11.6 Å². The summed E-state index contributed by atoms with van der Waals surface area (Å²) in [6, 6.07) is 0.798. The van der Waals surface area contributed by atoms with Gasteiger partial charge in [0.2, 0.25) is 0 Å². The molecule has 20 heavy (non-hydrogen) atoms. The molecule has 0 aliphatic rings. The van der Waals surface area contributed by atoms with E-state index in [1.165, 1.54) is 0 Å². The first kappa shape index (κ1) is 16.3. The van der Waals surface area contributed by atoms with E-state index in [1.807, 2.05) is 0 Å². The van der Waals surface area contributed by atoms with Gasteiger partial charge in [-0.05, 0) is 45.7 Å². The summed E-state index contributed by atoms with van der Waals surface area (Å²) in [4.78, 5) is 11.5. The van der Waals surface area contributed by atoms with Crippen LogP contribution in [-0.4, -0.2) is 17.7 Å². The Morgan fingerprint density at radius 2 is 1.75 bits per heavy atom. The molecule has 1 rings (SSSR count). The van der Waals surface area contributed by atoms with Gasteiger partial charge in [0.25, 0.3) is 0 Å². The van der Waals surface area contributed by atoms with E-state index in [1.54, 1.807) is 27.7 Å². The lowest BCUT2D eigenvalue weighted by Crippen LogP contribution is -2.38. The Morgan fingerprint density at radius 1 is 1.20 bits per heavy atom. The van der Waals surface area contributed by atoms with Gasteiger partial charge < -0.3 is 10.1 Å². The Bertz CT molecular complexity index is 498. The number of carbonyl (C=O) groups excluding carboxylic acids is 1. The maximum Gasteiger partial charge on any atom is 0.407 e. The van der Waals surface area contributed by atoms with Crippen molar-refractivity contribution in [2.75, 3.05) is 0 Å². The molecular formula is C14H18F3NO2. The monoisotopic (exact) mass is 289 g/mol. The topological polar surface area (TPSA) is 38.3 Å². The summed E-state index contributed by atoms with van der Waals surface area (Å²) >= 11 is 0. The Labute approximate surface area is 116 Å². The van der Waals surface area contributed by atoms with Gasteiger partial charge in [-0.25, -0.2) is 18.0 Å². The highest BCUT2D eigenvalue weighted by Gasteiger charge is 2.19. The summed E-state index contributed by atoms with van der Waals surface area (Å²) in [5, 5.41) is 2.50. The van der Waals surface area contributed by atoms with E-state index < -0.39 is 35.2 Å². The molecule has 1 atom stereocenters. The summed E-state index contributed by atoms with van der Waals surface area (Å²) in [5.74, 6) is -3.20. The van der Waals surface area contributed by atoms with E-state index in [0.717, 1.165) is 6.07 Å². The van der Waals surface area contributed by atoms with Gasteiger partial charge >= 0.3 is 6.09 Å². The lowest BCUT2D eigenvalue weighted by Gasteiger charge is -2.22. The van der Waals surface area contributed by atoms with Crippen LogP contribution in [0.4, 0.5) is 18.0 Å². The van der Waals surface area contributed by atoms with Gasteiger partial charge in [-0.3, -0.25) is 0 Å². The molecule has 0 aromatic heterocycles. The van der Waals surface area contributed by atoms with E-state index in [2.05, 4.69) is 5.32 Å². The number of rotatable bonds is 3. The van der Waals surface area contributed by atoms with Gasteiger partial charge in [-0.1, -0.05) is 0 Å². The molecule has 0 aliphatic carbocycles. The minimum atomic E-state index is -1.24. The van der Waals surface area contributed by atoms with Crippen molar-refractivity contribution in [2.45, 2.75) is 45.8 Å².